The van der Waals surface area contributed by atoms with Crippen molar-refractivity contribution in [2.45, 2.75) is 38.3 Å². The smallest absolute Gasteiger partial charge is 0.0652 e. The van der Waals surface area contributed by atoms with Crippen molar-refractivity contribution in [3.8, 4) is 0 Å². The molecule has 110 valence electrons. The second-order valence-corrected chi connectivity index (χ2v) is 6.17. The van der Waals surface area contributed by atoms with Gasteiger partial charge in [0.05, 0.1) is 12.1 Å². The molecule has 0 bridgehead atoms. The molecule has 0 heterocycles. The minimum absolute atomic E-state index is 0.0853. The molecule has 1 aliphatic carbocycles. The highest BCUT2D eigenvalue weighted by molar-refractivity contribution is 5.35. The number of benzene rings is 2. The van der Waals surface area contributed by atoms with E-state index in [1.165, 1.54) is 36.0 Å². The molecule has 1 aliphatic rings. The molecule has 0 saturated heterocycles. The lowest BCUT2D eigenvalue weighted by Gasteiger charge is -2.29. The highest BCUT2D eigenvalue weighted by atomic mass is 16.3. The molecule has 0 radical (unpaired) electrons. The predicted molar refractivity (Wildman–Crippen MR) is 86.2 cm³/mol. The molecular formula is C19H23NO. The van der Waals surface area contributed by atoms with Gasteiger partial charge in [0, 0.05) is 6.54 Å². The Morgan fingerprint density at radius 2 is 1.81 bits per heavy atom. The monoisotopic (exact) mass is 281 g/mol. The van der Waals surface area contributed by atoms with Crippen molar-refractivity contribution in [3.63, 3.8) is 0 Å². The summed E-state index contributed by atoms with van der Waals surface area (Å²) in [7, 11) is 0. The van der Waals surface area contributed by atoms with Gasteiger partial charge in [-0.3, -0.25) is 0 Å². The predicted octanol–water partition coefficient (Wildman–Crippen LogP) is 3.17. The highest BCUT2D eigenvalue weighted by Gasteiger charge is 2.24. The van der Waals surface area contributed by atoms with Gasteiger partial charge in [-0.15, -0.1) is 0 Å². The van der Waals surface area contributed by atoms with Crippen LogP contribution in [0.5, 0.6) is 0 Å². The Labute approximate surface area is 126 Å². The Hall–Kier alpha value is -1.64. The zero-order valence-corrected chi connectivity index (χ0v) is 12.6. The van der Waals surface area contributed by atoms with E-state index >= 15 is 0 Å². The zero-order valence-electron chi connectivity index (χ0n) is 12.6. The summed E-state index contributed by atoms with van der Waals surface area (Å²) >= 11 is 0. The van der Waals surface area contributed by atoms with Gasteiger partial charge in [-0.25, -0.2) is 0 Å². The molecule has 0 aliphatic heterocycles. The molecular weight excluding hydrogens is 258 g/mol. The Morgan fingerprint density at radius 1 is 1.05 bits per heavy atom. The zero-order chi connectivity index (χ0) is 14.7. The van der Waals surface area contributed by atoms with Crippen molar-refractivity contribution in [2.75, 3.05) is 6.61 Å². The van der Waals surface area contributed by atoms with Crippen LogP contribution in [0.4, 0.5) is 0 Å². The van der Waals surface area contributed by atoms with E-state index in [2.05, 4.69) is 42.6 Å². The average Bonchev–Trinajstić information content (AvgIpc) is 3.01. The molecule has 21 heavy (non-hydrogen) atoms. The summed E-state index contributed by atoms with van der Waals surface area (Å²) in [5.41, 5.74) is 5.02. The van der Waals surface area contributed by atoms with Gasteiger partial charge < -0.3 is 10.4 Å². The van der Waals surface area contributed by atoms with Crippen LogP contribution in [0.25, 0.3) is 0 Å². The average molecular weight is 281 g/mol. The Balaban J connectivity index is 1.73. The third-order valence-corrected chi connectivity index (χ3v) is 4.57. The number of nitrogens with one attached hydrogen (secondary N) is 1. The number of rotatable bonds is 5. The van der Waals surface area contributed by atoms with Crippen molar-refractivity contribution in [1.29, 1.82) is 0 Å². The van der Waals surface area contributed by atoms with E-state index in [4.69, 9.17) is 0 Å². The van der Waals surface area contributed by atoms with E-state index in [9.17, 15) is 5.11 Å². The molecule has 0 aromatic heterocycles. The first-order chi connectivity index (χ1) is 10.2. The summed E-state index contributed by atoms with van der Waals surface area (Å²) in [6.07, 6.45) is 3.71. The number of hydrogen-bond acceptors (Lipinski definition) is 2. The molecule has 2 heteroatoms. The lowest BCUT2D eigenvalue weighted by atomic mass is 9.92. The maximum absolute atomic E-state index is 9.81. The van der Waals surface area contributed by atoms with Crippen molar-refractivity contribution in [3.05, 3.63) is 70.8 Å². The fourth-order valence-corrected chi connectivity index (χ4v) is 3.09. The van der Waals surface area contributed by atoms with Crippen molar-refractivity contribution in [2.24, 2.45) is 0 Å². The lowest BCUT2D eigenvalue weighted by Crippen LogP contribution is -2.42. The summed E-state index contributed by atoms with van der Waals surface area (Å²) in [6, 6.07) is 16.9. The Morgan fingerprint density at radius 3 is 2.57 bits per heavy atom. The standard InChI is InChI=1S/C19H23NO/c1-19(14-21,18-8-3-2-4-9-18)20-13-15-10-11-16-6-5-7-17(16)12-15/h2-4,8-12,20-21H,5-7,13-14H2,1H3. The van der Waals surface area contributed by atoms with Crippen molar-refractivity contribution in [1.82, 2.24) is 5.32 Å². The molecule has 1 unspecified atom stereocenters. The molecule has 2 N–H and O–H groups in total. The van der Waals surface area contributed by atoms with Gasteiger partial charge >= 0.3 is 0 Å². The van der Waals surface area contributed by atoms with Gasteiger partial charge in [0.1, 0.15) is 0 Å². The number of fused-ring (bicyclic) bond motifs is 1. The van der Waals surface area contributed by atoms with Gasteiger partial charge in [0.2, 0.25) is 0 Å². The van der Waals surface area contributed by atoms with Crippen LogP contribution in [0.15, 0.2) is 48.5 Å². The number of aliphatic hydroxyl groups excluding tert-OH is 1. The topological polar surface area (TPSA) is 32.3 Å². The molecule has 2 nitrogen and oxygen atoms in total. The van der Waals surface area contributed by atoms with Gasteiger partial charge in [0.15, 0.2) is 0 Å². The van der Waals surface area contributed by atoms with Gasteiger partial charge in [-0.2, -0.15) is 0 Å². The molecule has 3 rings (SSSR count). The van der Waals surface area contributed by atoms with E-state index in [-0.39, 0.29) is 6.61 Å². The van der Waals surface area contributed by atoms with Crippen LogP contribution in [0, 0.1) is 0 Å². The first-order valence-corrected chi connectivity index (χ1v) is 7.73. The summed E-state index contributed by atoms with van der Waals surface area (Å²) in [6.45, 7) is 2.91. The number of aryl methyl sites for hydroxylation is 2. The van der Waals surface area contributed by atoms with E-state index in [0.717, 1.165) is 12.1 Å². The second kappa shape index (κ2) is 6.00. The highest BCUT2D eigenvalue weighted by Crippen LogP contribution is 2.24. The summed E-state index contributed by atoms with van der Waals surface area (Å²) in [5.74, 6) is 0. The van der Waals surface area contributed by atoms with E-state index in [1.54, 1.807) is 0 Å². The van der Waals surface area contributed by atoms with Crippen LogP contribution in [0.3, 0.4) is 0 Å². The molecule has 0 spiro atoms. The maximum atomic E-state index is 9.81. The van der Waals surface area contributed by atoms with E-state index < -0.39 is 5.54 Å². The van der Waals surface area contributed by atoms with Crippen LogP contribution in [-0.2, 0) is 24.9 Å². The molecule has 0 saturated carbocycles. The maximum Gasteiger partial charge on any atom is 0.0652 e. The first kappa shape index (κ1) is 14.3. The summed E-state index contributed by atoms with van der Waals surface area (Å²) < 4.78 is 0. The third-order valence-electron chi connectivity index (χ3n) is 4.57. The Kier molecular flexibility index (Phi) is 4.09. The van der Waals surface area contributed by atoms with E-state index in [1.807, 2.05) is 18.2 Å². The fraction of sp³-hybridized carbons (Fsp3) is 0.368. The largest absolute Gasteiger partial charge is 0.394 e. The molecule has 2 aromatic carbocycles. The van der Waals surface area contributed by atoms with Crippen molar-refractivity contribution < 1.29 is 5.11 Å². The van der Waals surface area contributed by atoms with Gasteiger partial charge in [-0.1, -0.05) is 48.5 Å². The minimum Gasteiger partial charge on any atom is -0.394 e. The molecule has 2 aromatic rings. The first-order valence-electron chi connectivity index (χ1n) is 7.73. The van der Waals surface area contributed by atoms with Crippen LogP contribution in [0.2, 0.25) is 0 Å². The van der Waals surface area contributed by atoms with Gasteiger partial charge in [-0.05, 0) is 48.4 Å². The van der Waals surface area contributed by atoms with Crippen molar-refractivity contribution >= 4 is 0 Å². The molecule has 0 amide bonds. The van der Waals surface area contributed by atoms with E-state index in [0.29, 0.717) is 0 Å². The quantitative estimate of drug-likeness (QED) is 0.882. The Bertz CT molecular complexity index is 608. The number of aliphatic hydroxyl groups is 1. The molecule has 0 fully saturated rings. The van der Waals surface area contributed by atoms with Crippen LogP contribution >= 0.6 is 0 Å². The van der Waals surface area contributed by atoms with Gasteiger partial charge in [0.25, 0.3) is 0 Å². The minimum atomic E-state index is -0.403. The SMILES string of the molecule is CC(CO)(NCc1ccc2c(c1)CCC2)c1ccccc1. The van der Waals surface area contributed by atoms with Crippen LogP contribution in [-0.4, -0.2) is 11.7 Å². The summed E-state index contributed by atoms with van der Waals surface area (Å²) in [4.78, 5) is 0. The lowest BCUT2D eigenvalue weighted by molar-refractivity contribution is 0.173. The van der Waals surface area contributed by atoms with Crippen LogP contribution in [0.1, 0.15) is 35.6 Å². The number of hydrogen-bond donors (Lipinski definition) is 2. The second-order valence-electron chi connectivity index (χ2n) is 6.17. The normalized spacial score (nSPS) is 16.5. The molecule has 1 atom stereocenters. The summed E-state index contributed by atoms with van der Waals surface area (Å²) in [5, 5.41) is 13.3. The fourth-order valence-electron chi connectivity index (χ4n) is 3.09. The third kappa shape index (κ3) is 3.02. The van der Waals surface area contributed by atoms with Crippen LogP contribution < -0.4 is 5.32 Å².